The highest BCUT2D eigenvalue weighted by Crippen LogP contribution is 2.46. The van der Waals surface area contributed by atoms with Crippen molar-refractivity contribution in [3.05, 3.63) is 27.4 Å². The summed E-state index contributed by atoms with van der Waals surface area (Å²) in [6.45, 7) is 5.75. The Labute approximate surface area is 161 Å². The number of benzene rings is 1. The molecule has 0 fully saturated rings. The van der Waals surface area contributed by atoms with Crippen LogP contribution in [0.3, 0.4) is 0 Å². The number of rotatable bonds is 2. The van der Waals surface area contributed by atoms with E-state index in [0.29, 0.717) is 28.2 Å². The summed E-state index contributed by atoms with van der Waals surface area (Å²) >= 11 is 12.8. The lowest BCUT2D eigenvalue weighted by Crippen LogP contribution is -2.35. The second-order valence-corrected chi connectivity index (χ2v) is 8.08. The number of nitrogens with zero attached hydrogens (tertiary/aromatic N) is 1. The van der Waals surface area contributed by atoms with Crippen molar-refractivity contribution in [3.63, 3.8) is 0 Å². The van der Waals surface area contributed by atoms with Crippen molar-refractivity contribution in [1.29, 1.82) is 0 Å². The molecule has 1 aliphatic heterocycles. The van der Waals surface area contributed by atoms with Crippen LogP contribution < -0.4 is 10.6 Å². The van der Waals surface area contributed by atoms with Crippen LogP contribution in [0.15, 0.2) is 6.07 Å². The average molecular weight is 398 g/mol. The normalized spacial score (nSPS) is 19.0. The van der Waals surface area contributed by atoms with Crippen LogP contribution in [0.4, 0.5) is 5.69 Å². The first-order valence-corrected chi connectivity index (χ1v) is 9.05. The molecule has 3 rings (SSSR count). The Hall–Kier alpha value is -1.76. The first-order chi connectivity index (χ1) is 12.1. The highest BCUT2D eigenvalue weighted by Gasteiger charge is 2.38. The maximum absolute atomic E-state index is 12.6. The van der Waals surface area contributed by atoms with Crippen molar-refractivity contribution < 1.29 is 14.7 Å². The number of aliphatic hydroxyl groups excluding tert-OH is 1. The average Bonchev–Trinajstić information content (AvgIpc) is 2.86. The number of halogens is 2. The number of fused-ring (bicyclic) bond motifs is 3. The lowest BCUT2D eigenvalue weighted by atomic mass is 9.84. The number of carbonyl (C=O) groups is 2. The maximum Gasteiger partial charge on any atom is 0.250 e. The lowest BCUT2D eigenvalue weighted by Gasteiger charge is -2.25. The van der Waals surface area contributed by atoms with Gasteiger partial charge in [-0.2, -0.15) is 0 Å². The van der Waals surface area contributed by atoms with Gasteiger partial charge in [0.1, 0.15) is 6.61 Å². The molecule has 0 spiro atoms. The van der Waals surface area contributed by atoms with Gasteiger partial charge in [-0.1, -0.05) is 37.0 Å². The van der Waals surface area contributed by atoms with E-state index in [-0.39, 0.29) is 16.3 Å². The van der Waals surface area contributed by atoms with E-state index in [1.807, 2.05) is 32.4 Å². The maximum atomic E-state index is 12.6. The minimum absolute atomic E-state index is 0.0881. The summed E-state index contributed by atoms with van der Waals surface area (Å²) < 4.78 is 1.95. The number of anilines is 1. The summed E-state index contributed by atoms with van der Waals surface area (Å²) in [6.07, 6.45) is 0. The van der Waals surface area contributed by atoms with Crippen LogP contribution in [0.25, 0.3) is 10.9 Å². The molecule has 0 aliphatic carbocycles. The number of hydrogen-bond acceptors (Lipinski definition) is 3. The quantitative estimate of drug-likeness (QED) is 0.728. The Balaban J connectivity index is 2.48. The molecule has 8 heteroatoms. The van der Waals surface area contributed by atoms with E-state index in [4.69, 9.17) is 28.3 Å². The first kappa shape index (κ1) is 19.0. The topological polar surface area (TPSA) is 83.4 Å². The van der Waals surface area contributed by atoms with Crippen LogP contribution >= 0.6 is 23.2 Å². The molecule has 0 bridgehead atoms. The number of aryl methyl sites for hydroxylation is 1. The minimum atomic E-state index is -0.654. The Kier molecular flexibility index (Phi) is 4.71. The van der Waals surface area contributed by atoms with Gasteiger partial charge in [-0.15, -0.1) is 0 Å². The molecule has 2 amide bonds. The minimum Gasteiger partial charge on any atom is -0.387 e. The highest BCUT2D eigenvalue weighted by molar-refractivity contribution is 6.46. The highest BCUT2D eigenvalue weighted by atomic mass is 35.5. The summed E-state index contributed by atoms with van der Waals surface area (Å²) in [5, 5.41) is 16.1. The fraction of sp³-hybridized carbons (Fsp3) is 0.444. The summed E-state index contributed by atoms with van der Waals surface area (Å²) in [4.78, 5) is 24.4. The summed E-state index contributed by atoms with van der Waals surface area (Å²) in [5.74, 6) is -1.08. The van der Waals surface area contributed by atoms with Gasteiger partial charge >= 0.3 is 0 Å². The van der Waals surface area contributed by atoms with Gasteiger partial charge in [0.2, 0.25) is 11.8 Å². The van der Waals surface area contributed by atoms with Crippen LogP contribution in [0, 0.1) is 0 Å². The standard InChI is InChI=1S/C18H21Cl2N3O3/c1-8-12-13-10(22-11(25)6-24)5-9(19)14(20)15(13)23(4)16(12)18(2,3)7-21-17(8)26/h5,8,24H,6-7H2,1-4H3,(H,21,26)(H,22,25)/t8-/m1/s1. The van der Waals surface area contributed by atoms with Crippen LogP contribution in [0.5, 0.6) is 0 Å². The third-order valence-electron chi connectivity index (χ3n) is 4.98. The lowest BCUT2D eigenvalue weighted by molar-refractivity contribution is -0.122. The zero-order chi connectivity index (χ0) is 19.4. The van der Waals surface area contributed by atoms with Gasteiger partial charge in [0.15, 0.2) is 0 Å². The largest absolute Gasteiger partial charge is 0.387 e. The number of nitrogens with one attached hydrogen (secondary N) is 2. The van der Waals surface area contributed by atoms with Crippen molar-refractivity contribution in [2.75, 3.05) is 18.5 Å². The number of amides is 2. The van der Waals surface area contributed by atoms with E-state index in [9.17, 15) is 9.59 Å². The van der Waals surface area contributed by atoms with Gasteiger partial charge in [-0.05, 0) is 18.6 Å². The Bertz CT molecular complexity index is 934. The van der Waals surface area contributed by atoms with Crippen molar-refractivity contribution in [1.82, 2.24) is 9.88 Å². The molecule has 1 aromatic heterocycles. The molecular formula is C18H21Cl2N3O3. The second-order valence-electron chi connectivity index (χ2n) is 7.29. The third kappa shape index (κ3) is 2.76. The van der Waals surface area contributed by atoms with E-state index < -0.39 is 18.4 Å². The van der Waals surface area contributed by atoms with Crippen LogP contribution in [0.2, 0.25) is 10.0 Å². The molecule has 6 nitrogen and oxygen atoms in total. The van der Waals surface area contributed by atoms with E-state index in [0.717, 1.165) is 11.3 Å². The number of carbonyl (C=O) groups excluding carboxylic acids is 2. The van der Waals surface area contributed by atoms with Gasteiger partial charge in [-0.3, -0.25) is 9.59 Å². The summed E-state index contributed by atoms with van der Waals surface area (Å²) in [6, 6.07) is 1.56. The monoisotopic (exact) mass is 397 g/mol. The molecule has 2 heterocycles. The Morgan fingerprint density at radius 1 is 1.46 bits per heavy atom. The fourth-order valence-corrected chi connectivity index (χ4v) is 4.29. The number of aliphatic hydroxyl groups is 1. The van der Waals surface area contributed by atoms with E-state index in [1.54, 1.807) is 6.07 Å². The molecule has 1 atom stereocenters. The molecule has 1 aliphatic rings. The van der Waals surface area contributed by atoms with Crippen molar-refractivity contribution in [2.24, 2.45) is 7.05 Å². The predicted octanol–water partition coefficient (Wildman–Crippen LogP) is 2.93. The first-order valence-electron chi connectivity index (χ1n) is 8.29. The Morgan fingerprint density at radius 2 is 2.12 bits per heavy atom. The second kappa shape index (κ2) is 6.44. The summed E-state index contributed by atoms with van der Waals surface area (Å²) in [7, 11) is 1.88. The van der Waals surface area contributed by atoms with E-state index >= 15 is 0 Å². The molecule has 0 saturated heterocycles. The fourth-order valence-electron chi connectivity index (χ4n) is 3.82. The molecule has 0 saturated carbocycles. The molecule has 26 heavy (non-hydrogen) atoms. The number of hydrogen-bond donors (Lipinski definition) is 3. The van der Waals surface area contributed by atoms with E-state index in [2.05, 4.69) is 10.6 Å². The zero-order valence-corrected chi connectivity index (χ0v) is 16.5. The Morgan fingerprint density at radius 3 is 2.73 bits per heavy atom. The molecule has 0 radical (unpaired) electrons. The third-order valence-corrected chi connectivity index (χ3v) is 5.76. The zero-order valence-electron chi connectivity index (χ0n) is 15.0. The van der Waals surface area contributed by atoms with Gasteiger partial charge < -0.3 is 20.3 Å². The van der Waals surface area contributed by atoms with Gasteiger partial charge in [-0.25, -0.2) is 0 Å². The van der Waals surface area contributed by atoms with E-state index in [1.165, 1.54) is 0 Å². The van der Waals surface area contributed by atoms with Gasteiger partial charge in [0, 0.05) is 30.1 Å². The van der Waals surface area contributed by atoms with Crippen LogP contribution in [-0.4, -0.2) is 34.6 Å². The molecule has 140 valence electrons. The molecule has 2 aromatic rings. The molecule has 1 aromatic carbocycles. The number of aromatic nitrogens is 1. The van der Waals surface area contributed by atoms with Crippen LogP contribution in [-0.2, 0) is 22.1 Å². The van der Waals surface area contributed by atoms with Crippen LogP contribution in [0.1, 0.15) is 37.9 Å². The molecule has 3 N–H and O–H groups in total. The van der Waals surface area contributed by atoms with Crippen molar-refractivity contribution in [2.45, 2.75) is 32.1 Å². The molecular weight excluding hydrogens is 377 g/mol. The molecule has 0 unspecified atom stereocenters. The van der Waals surface area contributed by atoms with Gasteiger partial charge in [0.05, 0.1) is 27.2 Å². The predicted molar refractivity (Wildman–Crippen MR) is 103 cm³/mol. The smallest absolute Gasteiger partial charge is 0.250 e. The van der Waals surface area contributed by atoms with Crippen molar-refractivity contribution in [3.8, 4) is 0 Å². The summed E-state index contributed by atoms with van der Waals surface area (Å²) in [5.41, 5.74) is 2.52. The van der Waals surface area contributed by atoms with Gasteiger partial charge in [0.25, 0.3) is 0 Å². The SMILES string of the molecule is C[C@H]1C(=O)NCC(C)(C)c2c1c1c(NC(=O)CO)cc(Cl)c(Cl)c1n2C. The van der Waals surface area contributed by atoms with Crippen molar-refractivity contribution >= 4 is 51.6 Å².